The van der Waals surface area contributed by atoms with Crippen LogP contribution in [0.25, 0.3) is 0 Å². The SMILES string of the molecule is CCOC(=O)c1cccc(Nc2ncnc(N3CCN(c4ccc(OC)cc4)CC3)c2[N+](=O)[O-])c1. The number of carbonyl (C=O) groups excluding carboxylic acids is 1. The number of anilines is 4. The van der Waals surface area contributed by atoms with Crippen LogP contribution >= 0.6 is 0 Å². The minimum absolute atomic E-state index is 0.0543. The van der Waals surface area contributed by atoms with Gasteiger partial charge in [-0.3, -0.25) is 10.1 Å². The summed E-state index contributed by atoms with van der Waals surface area (Å²) in [4.78, 5) is 36.1. The highest BCUT2D eigenvalue weighted by atomic mass is 16.6. The van der Waals surface area contributed by atoms with E-state index in [0.29, 0.717) is 37.4 Å². The van der Waals surface area contributed by atoms with Crippen molar-refractivity contribution in [3.8, 4) is 5.75 Å². The molecule has 0 aliphatic carbocycles. The number of hydrogen-bond acceptors (Lipinski definition) is 10. The van der Waals surface area contributed by atoms with Crippen LogP contribution in [0.3, 0.4) is 0 Å². The number of nitro groups is 1. The van der Waals surface area contributed by atoms with Crippen molar-refractivity contribution in [2.45, 2.75) is 6.92 Å². The van der Waals surface area contributed by atoms with E-state index >= 15 is 0 Å². The first-order valence-electron chi connectivity index (χ1n) is 11.2. The summed E-state index contributed by atoms with van der Waals surface area (Å²) in [7, 11) is 1.63. The second-order valence-corrected chi connectivity index (χ2v) is 7.75. The monoisotopic (exact) mass is 478 g/mol. The van der Waals surface area contributed by atoms with Crippen LogP contribution in [0.5, 0.6) is 5.75 Å². The van der Waals surface area contributed by atoms with Crippen LogP contribution in [0.2, 0.25) is 0 Å². The molecule has 182 valence electrons. The topological polar surface area (TPSA) is 123 Å². The number of hydrogen-bond donors (Lipinski definition) is 1. The predicted octanol–water partition coefficient (Wildman–Crippen LogP) is 3.64. The maximum Gasteiger partial charge on any atom is 0.353 e. The fourth-order valence-electron chi connectivity index (χ4n) is 3.91. The Labute approximate surface area is 202 Å². The standard InChI is InChI=1S/C24H26N6O5/c1-3-35-24(31)17-5-4-6-18(15-17)27-22-21(30(32)33)23(26-16-25-22)29-13-11-28(12-14-29)19-7-9-20(34-2)10-8-19/h4-10,15-16H,3,11-14H2,1-2H3,(H,25,26,27). The molecule has 3 aromatic rings. The van der Waals surface area contributed by atoms with Crippen molar-refractivity contribution in [2.24, 2.45) is 0 Å². The van der Waals surface area contributed by atoms with Gasteiger partial charge in [-0.1, -0.05) is 6.07 Å². The van der Waals surface area contributed by atoms with Gasteiger partial charge in [-0.2, -0.15) is 0 Å². The van der Waals surface area contributed by atoms with Gasteiger partial charge < -0.3 is 24.6 Å². The first kappa shape index (κ1) is 23.7. The number of ether oxygens (including phenoxy) is 2. The molecule has 1 fully saturated rings. The molecule has 11 nitrogen and oxygen atoms in total. The van der Waals surface area contributed by atoms with Gasteiger partial charge in [0.25, 0.3) is 0 Å². The lowest BCUT2D eigenvalue weighted by Crippen LogP contribution is -2.47. The molecule has 2 heterocycles. The van der Waals surface area contributed by atoms with E-state index in [1.54, 1.807) is 38.3 Å². The van der Waals surface area contributed by atoms with E-state index in [1.807, 2.05) is 29.2 Å². The molecule has 0 unspecified atom stereocenters. The number of aromatic nitrogens is 2. The van der Waals surface area contributed by atoms with Crippen molar-refractivity contribution in [1.82, 2.24) is 9.97 Å². The van der Waals surface area contributed by atoms with Gasteiger partial charge in [0.1, 0.15) is 12.1 Å². The number of carbonyl (C=O) groups is 1. The largest absolute Gasteiger partial charge is 0.497 e. The fraction of sp³-hybridized carbons (Fsp3) is 0.292. The molecule has 2 aromatic carbocycles. The summed E-state index contributed by atoms with van der Waals surface area (Å²) in [6.45, 7) is 4.45. The minimum Gasteiger partial charge on any atom is -0.497 e. The van der Waals surface area contributed by atoms with Gasteiger partial charge in [-0.15, -0.1) is 0 Å². The van der Waals surface area contributed by atoms with E-state index in [9.17, 15) is 14.9 Å². The number of rotatable bonds is 8. The zero-order valence-corrected chi connectivity index (χ0v) is 19.5. The van der Waals surface area contributed by atoms with E-state index in [2.05, 4.69) is 20.2 Å². The van der Waals surface area contributed by atoms with Crippen molar-refractivity contribution in [3.05, 3.63) is 70.5 Å². The molecule has 1 aliphatic heterocycles. The maximum absolute atomic E-state index is 12.0. The van der Waals surface area contributed by atoms with E-state index < -0.39 is 10.9 Å². The van der Waals surface area contributed by atoms with Gasteiger partial charge in [0.2, 0.25) is 11.6 Å². The molecule has 1 N–H and O–H groups in total. The van der Waals surface area contributed by atoms with Gasteiger partial charge in [0.05, 0.1) is 24.2 Å². The summed E-state index contributed by atoms with van der Waals surface area (Å²) in [5, 5.41) is 15.0. The lowest BCUT2D eigenvalue weighted by molar-refractivity contribution is -0.383. The zero-order chi connectivity index (χ0) is 24.8. The van der Waals surface area contributed by atoms with Crippen LogP contribution in [0.1, 0.15) is 17.3 Å². The van der Waals surface area contributed by atoms with Crippen molar-refractivity contribution in [1.29, 1.82) is 0 Å². The molecular formula is C24H26N6O5. The summed E-state index contributed by atoms with van der Waals surface area (Å²) in [5.41, 5.74) is 1.66. The quantitative estimate of drug-likeness (QED) is 0.292. The van der Waals surface area contributed by atoms with Gasteiger partial charge in [0, 0.05) is 37.6 Å². The Morgan fingerprint density at radius 3 is 2.46 bits per heavy atom. The number of piperazine rings is 1. The van der Waals surface area contributed by atoms with Crippen molar-refractivity contribution >= 4 is 34.7 Å². The summed E-state index contributed by atoms with van der Waals surface area (Å²) in [6.07, 6.45) is 1.30. The first-order chi connectivity index (χ1) is 17.0. The second kappa shape index (κ2) is 10.7. The molecule has 4 rings (SSSR count). The summed E-state index contributed by atoms with van der Waals surface area (Å²) in [5.74, 6) is 0.627. The molecule has 1 saturated heterocycles. The second-order valence-electron chi connectivity index (χ2n) is 7.75. The molecule has 0 saturated carbocycles. The lowest BCUT2D eigenvalue weighted by atomic mass is 10.2. The molecular weight excluding hydrogens is 452 g/mol. The van der Waals surface area contributed by atoms with E-state index in [1.165, 1.54) is 6.33 Å². The average molecular weight is 479 g/mol. The molecule has 0 atom stereocenters. The van der Waals surface area contributed by atoms with Crippen LogP contribution in [0.4, 0.5) is 28.7 Å². The molecule has 11 heteroatoms. The molecule has 35 heavy (non-hydrogen) atoms. The fourth-order valence-corrected chi connectivity index (χ4v) is 3.91. The van der Waals surface area contributed by atoms with E-state index in [-0.39, 0.29) is 23.9 Å². The Kier molecular flexibility index (Phi) is 7.24. The normalized spacial score (nSPS) is 13.3. The summed E-state index contributed by atoms with van der Waals surface area (Å²) >= 11 is 0. The smallest absolute Gasteiger partial charge is 0.353 e. The van der Waals surface area contributed by atoms with Crippen molar-refractivity contribution in [3.63, 3.8) is 0 Å². The van der Waals surface area contributed by atoms with Crippen LogP contribution in [0.15, 0.2) is 54.9 Å². The van der Waals surface area contributed by atoms with Gasteiger partial charge in [-0.25, -0.2) is 14.8 Å². The van der Waals surface area contributed by atoms with E-state index in [0.717, 1.165) is 11.4 Å². The summed E-state index contributed by atoms with van der Waals surface area (Å²) in [6, 6.07) is 14.4. The van der Waals surface area contributed by atoms with Gasteiger partial charge in [-0.05, 0) is 49.4 Å². The Morgan fingerprint density at radius 2 is 1.80 bits per heavy atom. The molecule has 0 amide bonds. The number of esters is 1. The van der Waals surface area contributed by atoms with Crippen molar-refractivity contribution in [2.75, 3.05) is 55.0 Å². The van der Waals surface area contributed by atoms with Crippen molar-refractivity contribution < 1.29 is 19.2 Å². The van der Waals surface area contributed by atoms with Crippen LogP contribution in [-0.4, -0.2) is 60.8 Å². The van der Waals surface area contributed by atoms with Crippen LogP contribution in [0, 0.1) is 10.1 Å². The van der Waals surface area contributed by atoms with Gasteiger partial charge in [0.15, 0.2) is 0 Å². The van der Waals surface area contributed by atoms with Gasteiger partial charge >= 0.3 is 11.7 Å². The first-order valence-corrected chi connectivity index (χ1v) is 11.2. The number of nitrogens with zero attached hydrogens (tertiary/aromatic N) is 5. The lowest BCUT2D eigenvalue weighted by Gasteiger charge is -2.36. The minimum atomic E-state index is -0.483. The third kappa shape index (κ3) is 5.40. The maximum atomic E-state index is 12.0. The summed E-state index contributed by atoms with van der Waals surface area (Å²) < 4.78 is 10.2. The number of benzene rings is 2. The Bertz CT molecular complexity index is 1200. The highest BCUT2D eigenvalue weighted by Crippen LogP contribution is 2.34. The molecule has 1 aromatic heterocycles. The highest BCUT2D eigenvalue weighted by Gasteiger charge is 2.29. The van der Waals surface area contributed by atoms with E-state index in [4.69, 9.17) is 9.47 Å². The zero-order valence-electron chi connectivity index (χ0n) is 19.5. The highest BCUT2D eigenvalue weighted by molar-refractivity contribution is 5.91. The molecule has 0 spiro atoms. The Hall–Kier alpha value is -4.41. The Morgan fingerprint density at radius 1 is 1.09 bits per heavy atom. The molecule has 0 bridgehead atoms. The average Bonchev–Trinajstić information content (AvgIpc) is 2.89. The molecule has 0 radical (unpaired) electrons. The third-order valence-corrected chi connectivity index (χ3v) is 5.64. The Balaban J connectivity index is 1.53. The third-order valence-electron chi connectivity index (χ3n) is 5.64. The van der Waals surface area contributed by atoms with Crippen LogP contribution in [-0.2, 0) is 4.74 Å². The predicted molar refractivity (Wildman–Crippen MR) is 132 cm³/mol. The number of nitrogens with one attached hydrogen (secondary N) is 1. The number of methoxy groups -OCH3 is 1. The van der Waals surface area contributed by atoms with Crippen LogP contribution < -0.4 is 19.9 Å². The molecule has 1 aliphatic rings.